The van der Waals surface area contributed by atoms with Gasteiger partial charge in [0.25, 0.3) is 0 Å². The summed E-state index contributed by atoms with van der Waals surface area (Å²) in [5.74, 6) is 5.32. The Morgan fingerprint density at radius 1 is 1.29 bits per heavy atom. The number of rotatable bonds is 10. The van der Waals surface area contributed by atoms with Gasteiger partial charge in [-0.15, -0.1) is 0 Å². The Morgan fingerprint density at radius 2 is 2.00 bits per heavy atom. The molecule has 2 aliphatic rings. The maximum atomic E-state index is 12.5. The number of amides is 1. The standard InChI is InChI=1S/C24H40N2O5/c1-5-15(3)24(30)31-21-11-14(2)10-17-7-6-16(4)20(23(17)21)9-8-18(27)12-19(28)13-22(29)26-25/h6-7,10,14-16,18-21,23,27-28H,5,8-9,11-13,25H2,1-4H3,(H,26,29). The molecule has 176 valence electrons. The normalized spacial score (nSPS) is 30.5. The van der Waals surface area contributed by atoms with E-state index < -0.39 is 18.1 Å². The lowest BCUT2D eigenvalue weighted by Gasteiger charge is -2.43. The smallest absolute Gasteiger partial charge is 0.308 e. The molecule has 0 aromatic rings. The molecule has 5 N–H and O–H groups in total. The van der Waals surface area contributed by atoms with Gasteiger partial charge in [-0.25, -0.2) is 5.84 Å². The highest BCUT2D eigenvalue weighted by molar-refractivity contribution is 5.75. The average Bonchev–Trinajstić information content (AvgIpc) is 2.72. The van der Waals surface area contributed by atoms with Crippen LogP contribution in [0.4, 0.5) is 0 Å². The average molecular weight is 437 g/mol. The molecule has 0 fully saturated rings. The van der Waals surface area contributed by atoms with Gasteiger partial charge in [-0.3, -0.25) is 15.0 Å². The number of hydrazine groups is 1. The lowest BCUT2D eigenvalue weighted by molar-refractivity contribution is -0.158. The molecule has 2 rings (SSSR count). The molecule has 0 aromatic heterocycles. The summed E-state index contributed by atoms with van der Waals surface area (Å²) >= 11 is 0. The lowest BCUT2D eigenvalue weighted by atomic mass is 9.65. The molecule has 7 nitrogen and oxygen atoms in total. The topological polar surface area (TPSA) is 122 Å². The number of nitrogens with one attached hydrogen (secondary N) is 1. The summed E-state index contributed by atoms with van der Waals surface area (Å²) in [6, 6.07) is 0. The summed E-state index contributed by atoms with van der Waals surface area (Å²) in [6.45, 7) is 8.20. The molecule has 0 heterocycles. The fraction of sp³-hybridized carbons (Fsp3) is 0.750. The van der Waals surface area contributed by atoms with Crippen molar-refractivity contribution in [2.75, 3.05) is 0 Å². The van der Waals surface area contributed by atoms with E-state index in [0.717, 1.165) is 19.3 Å². The van der Waals surface area contributed by atoms with Crippen molar-refractivity contribution in [2.45, 2.75) is 84.5 Å². The van der Waals surface area contributed by atoms with Crippen molar-refractivity contribution in [3.05, 3.63) is 23.8 Å². The Bertz CT molecular complexity index is 677. The Balaban J connectivity index is 2.06. The summed E-state index contributed by atoms with van der Waals surface area (Å²) in [5.41, 5.74) is 3.21. The number of aliphatic hydroxyl groups excluding tert-OH is 2. The van der Waals surface area contributed by atoms with Crippen LogP contribution in [0.2, 0.25) is 0 Å². The molecule has 31 heavy (non-hydrogen) atoms. The van der Waals surface area contributed by atoms with Gasteiger partial charge in [-0.2, -0.15) is 0 Å². The van der Waals surface area contributed by atoms with E-state index in [2.05, 4.69) is 32.1 Å². The van der Waals surface area contributed by atoms with E-state index in [1.165, 1.54) is 5.57 Å². The van der Waals surface area contributed by atoms with Crippen LogP contribution >= 0.6 is 0 Å². The second-order valence-electron chi connectivity index (χ2n) is 9.46. The fourth-order valence-corrected chi connectivity index (χ4v) is 4.83. The third-order valence-electron chi connectivity index (χ3n) is 6.84. The summed E-state index contributed by atoms with van der Waals surface area (Å²) in [5, 5.41) is 20.4. The first kappa shape index (κ1) is 25.6. The summed E-state index contributed by atoms with van der Waals surface area (Å²) in [4.78, 5) is 23.8. The number of aliphatic hydroxyl groups is 2. The second-order valence-corrected chi connectivity index (χ2v) is 9.46. The number of carbonyl (C=O) groups excluding carboxylic acids is 2. The molecule has 0 radical (unpaired) electrons. The van der Waals surface area contributed by atoms with Crippen LogP contribution in [0.15, 0.2) is 23.8 Å². The minimum atomic E-state index is -0.933. The van der Waals surface area contributed by atoms with E-state index in [0.29, 0.717) is 18.3 Å². The number of hydrogen-bond acceptors (Lipinski definition) is 6. The number of fused-ring (bicyclic) bond motifs is 1. The quantitative estimate of drug-likeness (QED) is 0.181. The first-order valence-corrected chi connectivity index (χ1v) is 11.6. The fourth-order valence-electron chi connectivity index (χ4n) is 4.83. The molecule has 0 aliphatic heterocycles. The van der Waals surface area contributed by atoms with Gasteiger partial charge < -0.3 is 14.9 Å². The van der Waals surface area contributed by atoms with Crippen molar-refractivity contribution in [1.82, 2.24) is 5.43 Å². The van der Waals surface area contributed by atoms with Crippen LogP contribution < -0.4 is 11.3 Å². The number of carbonyl (C=O) groups is 2. The van der Waals surface area contributed by atoms with Gasteiger partial charge >= 0.3 is 5.97 Å². The summed E-state index contributed by atoms with van der Waals surface area (Å²) in [7, 11) is 0. The summed E-state index contributed by atoms with van der Waals surface area (Å²) in [6.07, 6.45) is 7.65. The second kappa shape index (κ2) is 11.8. The molecule has 8 atom stereocenters. The van der Waals surface area contributed by atoms with Crippen LogP contribution in [-0.2, 0) is 14.3 Å². The summed E-state index contributed by atoms with van der Waals surface area (Å²) < 4.78 is 6.02. The first-order valence-electron chi connectivity index (χ1n) is 11.6. The van der Waals surface area contributed by atoms with Crippen LogP contribution in [-0.4, -0.2) is 40.4 Å². The van der Waals surface area contributed by atoms with Gasteiger partial charge in [0.2, 0.25) is 5.91 Å². The van der Waals surface area contributed by atoms with Gasteiger partial charge in [0.1, 0.15) is 6.10 Å². The van der Waals surface area contributed by atoms with Gasteiger partial charge in [-0.1, -0.05) is 45.9 Å². The molecular formula is C24H40N2O5. The highest BCUT2D eigenvalue weighted by Crippen LogP contribution is 2.45. The van der Waals surface area contributed by atoms with E-state index >= 15 is 0 Å². The van der Waals surface area contributed by atoms with Crippen LogP contribution in [0.3, 0.4) is 0 Å². The predicted octanol–water partition coefficient (Wildman–Crippen LogP) is 2.62. The van der Waals surface area contributed by atoms with Crippen molar-refractivity contribution in [1.29, 1.82) is 0 Å². The monoisotopic (exact) mass is 436 g/mol. The van der Waals surface area contributed by atoms with E-state index in [4.69, 9.17) is 10.6 Å². The molecular weight excluding hydrogens is 396 g/mol. The van der Waals surface area contributed by atoms with Crippen molar-refractivity contribution in [3.8, 4) is 0 Å². The lowest BCUT2D eigenvalue weighted by Crippen LogP contribution is -2.41. The number of allylic oxidation sites excluding steroid dienone is 3. The third-order valence-corrected chi connectivity index (χ3v) is 6.84. The first-order chi connectivity index (χ1) is 14.7. The van der Waals surface area contributed by atoms with Crippen molar-refractivity contribution >= 4 is 11.9 Å². The van der Waals surface area contributed by atoms with E-state index in [1.807, 2.05) is 19.3 Å². The SMILES string of the molecule is CCC(C)C(=O)OC1CC(C)C=C2C=CC(C)C(CCC(O)CC(O)CC(=O)NN)C21. The highest BCUT2D eigenvalue weighted by Gasteiger charge is 2.41. The molecule has 0 bridgehead atoms. The molecule has 8 unspecified atom stereocenters. The van der Waals surface area contributed by atoms with Crippen LogP contribution in [0.5, 0.6) is 0 Å². The van der Waals surface area contributed by atoms with E-state index in [-0.39, 0.29) is 42.7 Å². The molecule has 0 saturated carbocycles. The van der Waals surface area contributed by atoms with Crippen molar-refractivity contribution in [3.63, 3.8) is 0 Å². The number of esters is 1. The zero-order chi connectivity index (χ0) is 23.1. The van der Waals surface area contributed by atoms with Gasteiger partial charge in [0.15, 0.2) is 0 Å². The molecule has 0 saturated heterocycles. The maximum Gasteiger partial charge on any atom is 0.308 e. The largest absolute Gasteiger partial charge is 0.461 e. The van der Waals surface area contributed by atoms with Crippen molar-refractivity contribution < 1.29 is 24.5 Å². The zero-order valence-electron chi connectivity index (χ0n) is 19.3. The zero-order valence-corrected chi connectivity index (χ0v) is 19.3. The Kier molecular flexibility index (Phi) is 9.72. The van der Waals surface area contributed by atoms with E-state index in [1.54, 1.807) is 0 Å². The van der Waals surface area contributed by atoms with Gasteiger partial charge in [0.05, 0.1) is 24.5 Å². The third kappa shape index (κ3) is 7.16. The van der Waals surface area contributed by atoms with Crippen molar-refractivity contribution in [2.24, 2.45) is 35.4 Å². The van der Waals surface area contributed by atoms with Gasteiger partial charge in [0, 0.05) is 5.92 Å². The number of ether oxygens (including phenoxy) is 1. The molecule has 1 amide bonds. The van der Waals surface area contributed by atoms with Crippen LogP contribution in [0.25, 0.3) is 0 Å². The number of hydrogen-bond donors (Lipinski definition) is 4. The molecule has 0 aromatic carbocycles. The Morgan fingerprint density at radius 3 is 2.65 bits per heavy atom. The predicted molar refractivity (Wildman–Crippen MR) is 119 cm³/mol. The molecule has 0 spiro atoms. The van der Waals surface area contributed by atoms with Gasteiger partial charge in [-0.05, 0) is 55.4 Å². The minimum absolute atomic E-state index is 0.115. The minimum Gasteiger partial charge on any atom is -0.461 e. The Labute approximate surface area is 186 Å². The molecule has 2 aliphatic carbocycles. The van der Waals surface area contributed by atoms with E-state index in [9.17, 15) is 19.8 Å². The maximum absolute atomic E-state index is 12.5. The number of nitrogens with two attached hydrogens (primary N) is 1. The van der Waals surface area contributed by atoms with Crippen LogP contribution in [0, 0.1) is 29.6 Å². The molecule has 7 heteroatoms. The highest BCUT2D eigenvalue weighted by atomic mass is 16.5. The van der Waals surface area contributed by atoms with Crippen LogP contribution in [0.1, 0.15) is 66.2 Å². The Hall–Kier alpha value is -1.70.